The van der Waals surface area contributed by atoms with Crippen LogP contribution in [0.25, 0.3) is 10.6 Å². The van der Waals surface area contributed by atoms with Crippen molar-refractivity contribution in [3.63, 3.8) is 0 Å². The van der Waals surface area contributed by atoms with E-state index in [1.807, 2.05) is 17.5 Å². The summed E-state index contributed by atoms with van der Waals surface area (Å²) in [6.07, 6.45) is 0. The number of nitrogens with one attached hydrogen (secondary N) is 1. The van der Waals surface area contributed by atoms with Crippen LogP contribution in [0.5, 0.6) is 0 Å². The molecule has 11 nitrogen and oxygen atoms in total. The van der Waals surface area contributed by atoms with Crippen LogP contribution in [0.15, 0.2) is 52.6 Å². The predicted octanol–water partition coefficient (Wildman–Crippen LogP) is 2.22. The highest BCUT2D eigenvalue weighted by Gasteiger charge is 2.19. The summed E-state index contributed by atoms with van der Waals surface area (Å²) in [6.45, 7) is 0.0525. The normalized spacial score (nSPS) is 10.5. The van der Waals surface area contributed by atoms with Crippen LogP contribution in [0.3, 0.4) is 0 Å². The fourth-order valence-electron chi connectivity index (χ4n) is 2.48. The van der Waals surface area contributed by atoms with Gasteiger partial charge in [0, 0.05) is 24.7 Å². The Morgan fingerprint density at radius 1 is 1.10 bits per heavy atom. The summed E-state index contributed by atoms with van der Waals surface area (Å²) in [5.74, 6) is -0.737. The zero-order chi connectivity index (χ0) is 21.0. The van der Waals surface area contributed by atoms with Gasteiger partial charge in [0.25, 0.3) is 22.8 Å². The van der Waals surface area contributed by atoms with E-state index in [2.05, 4.69) is 10.4 Å². The summed E-state index contributed by atoms with van der Waals surface area (Å²) in [5.41, 5.74) is -1.10. The van der Waals surface area contributed by atoms with Crippen LogP contribution in [-0.4, -0.2) is 32.1 Å². The van der Waals surface area contributed by atoms with Gasteiger partial charge in [-0.3, -0.25) is 29.8 Å². The molecule has 0 radical (unpaired) electrons. The monoisotopic (exact) mass is 415 g/mol. The van der Waals surface area contributed by atoms with Crippen molar-refractivity contribution >= 4 is 28.6 Å². The van der Waals surface area contributed by atoms with Gasteiger partial charge in [-0.05, 0) is 17.5 Å². The summed E-state index contributed by atoms with van der Waals surface area (Å²) in [5, 5.41) is 30.4. The number of non-ortho nitro benzene ring substituents is 2. The van der Waals surface area contributed by atoms with Crippen molar-refractivity contribution in [1.29, 1.82) is 0 Å². The maximum atomic E-state index is 12.3. The number of nitro groups is 2. The van der Waals surface area contributed by atoms with Gasteiger partial charge in [0.05, 0.1) is 32.9 Å². The zero-order valence-corrected chi connectivity index (χ0v) is 15.5. The van der Waals surface area contributed by atoms with Gasteiger partial charge >= 0.3 is 0 Å². The van der Waals surface area contributed by atoms with Gasteiger partial charge in [-0.1, -0.05) is 6.07 Å². The van der Waals surface area contributed by atoms with E-state index in [-0.39, 0.29) is 24.2 Å². The molecule has 0 atom stereocenters. The highest BCUT2D eigenvalue weighted by atomic mass is 32.1. The third-order valence-electron chi connectivity index (χ3n) is 3.84. The summed E-state index contributed by atoms with van der Waals surface area (Å²) < 4.78 is 1.19. The molecular formula is C17H13N5O6S. The third kappa shape index (κ3) is 4.68. The Morgan fingerprint density at radius 3 is 2.38 bits per heavy atom. The lowest BCUT2D eigenvalue weighted by Crippen LogP contribution is -2.32. The molecule has 1 N–H and O–H groups in total. The number of carbonyl (C=O) groups is 1. The maximum Gasteiger partial charge on any atom is 0.277 e. The fraction of sp³-hybridized carbons (Fsp3) is 0.118. The highest BCUT2D eigenvalue weighted by molar-refractivity contribution is 7.13. The summed E-state index contributed by atoms with van der Waals surface area (Å²) >= 11 is 1.47. The van der Waals surface area contributed by atoms with Crippen molar-refractivity contribution in [1.82, 2.24) is 15.1 Å². The molecule has 0 bridgehead atoms. The van der Waals surface area contributed by atoms with Gasteiger partial charge in [0.1, 0.15) is 5.69 Å². The quantitative estimate of drug-likeness (QED) is 0.459. The molecule has 3 aromatic rings. The molecule has 0 fully saturated rings. The summed E-state index contributed by atoms with van der Waals surface area (Å²) in [6, 6.07) is 9.36. The van der Waals surface area contributed by atoms with Crippen molar-refractivity contribution in [3.05, 3.63) is 84.0 Å². The molecule has 2 aromatic heterocycles. The van der Waals surface area contributed by atoms with E-state index in [0.717, 1.165) is 23.1 Å². The number of thiophene rings is 1. The molecule has 1 amide bonds. The maximum absolute atomic E-state index is 12.3. The topological polar surface area (TPSA) is 150 Å². The first kappa shape index (κ1) is 19.8. The number of amides is 1. The molecule has 12 heteroatoms. The second-order valence-electron chi connectivity index (χ2n) is 5.77. The standard InChI is InChI=1S/C17H13N5O6S/c23-16-4-3-14(15-2-1-7-29-15)19-20(16)6-5-18-17(24)11-8-12(21(25)26)10-13(9-11)22(27)28/h1-4,7-10H,5-6H2,(H,18,24). The number of benzene rings is 1. The number of nitrogens with zero attached hydrogens (tertiary/aromatic N) is 4. The number of aromatic nitrogens is 2. The van der Waals surface area contributed by atoms with Crippen LogP contribution in [0, 0.1) is 20.2 Å². The van der Waals surface area contributed by atoms with Gasteiger partial charge in [-0.2, -0.15) is 5.10 Å². The molecule has 1 aromatic carbocycles. The lowest BCUT2D eigenvalue weighted by atomic mass is 10.1. The van der Waals surface area contributed by atoms with E-state index >= 15 is 0 Å². The lowest BCUT2D eigenvalue weighted by molar-refractivity contribution is -0.394. The van der Waals surface area contributed by atoms with Gasteiger partial charge in [-0.15, -0.1) is 11.3 Å². The molecule has 0 saturated carbocycles. The minimum Gasteiger partial charge on any atom is -0.350 e. The number of rotatable bonds is 7. The van der Waals surface area contributed by atoms with E-state index in [4.69, 9.17) is 0 Å². The van der Waals surface area contributed by atoms with Crippen LogP contribution in [-0.2, 0) is 6.54 Å². The van der Waals surface area contributed by atoms with Gasteiger partial charge in [0.15, 0.2) is 0 Å². The molecule has 0 aliphatic heterocycles. The minimum absolute atomic E-state index is 0.00385. The van der Waals surface area contributed by atoms with E-state index < -0.39 is 27.1 Å². The highest BCUT2D eigenvalue weighted by Crippen LogP contribution is 2.23. The first-order valence-electron chi connectivity index (χ1n) is 8.19. The smallest absolute Gasteiger partial charge is 0.277 e. The van der Waals surface area contributed by atoms with E-state index in [1.54, 1.807) is 6.07 Å². The molecule has 148 valence electrons. The zero-order valence-electron chi connectivity index (χ0n) is 14.7. The molecule has 29 heavy (non-hydrogen) atoms. The Kier molecular flexibility index (Phi) is 5.74. The molecule has 0 spiro atoms. The SMILES string of the molecule is O=C(NCCn1nc(-c2cccs2)ccc1=O)c1cc([N+](=O)[O-])cc([N+](=O)[O-])c1. The molecule has 0 aliphatic carbocycles. The number of hydrogen-bond acceptors (Lipinski definition) is 8. The van der Waals surface area contributed by atoms with Crippen LogP contribution in [0.2, 0.25) is 0 Å². The van der Waals surface area contributed by atoms with E-state index in [1.165, 1.54) is 22.1 Å². The molecule has 0 aliphatic rings. The predicted molar refractivity (Wildman–Crippen MR) is 104 cm³/mol. The van der Waals surface area contributed by atoms with E-state index in [9.17, 15) is 29.8 Å². The van der Waals surface area contributed by atoms with Crippen LogP contribution < -0.4 is 10.9 Å². The van der Waals surface area contributed by atoms with E-state index in [0.29, 0.717) is 5.69 Å². The molecule has 0 saturated heterocycles. The average Bonchev–Trinajstić information content (AvgIpc) is 3.23. The molecule has 3 rings (SSSR count). The largest absolute Gasteiger partial charge is 0.350 e. The molecular weight excluding hydrogens is 402 g/mol. The number of carbonyl (C=O) groups excluding carboxylic acids is 1. The van der Waals surface area contributed by atoms with Gasteiger partial charge in [-0.25, -0.2) is 4.68 Å². The Balaban J connectivity index is 1.72. The summed E-state index contributed by atoms with van der Waals surface area (Å²) in [4.78, 5) is 45.3. The molecule has 0 unspecified atom stereocenters. The van der Waals surface area contributed by atoms with Crippen molar-refractivity contribution in [2.75, 3.05) is 6.54 Å². The second kappa shape index (κ2) is 8.39. The van der Waals surface area contributed by atoms with Crippen LogP contribution in [0.4, 0.5) is 11.4 Å². The first-order chi connectivity index (χ1) is 13.8. The average molecular weight is 415 g/mol. The third-order valence-corrected chi connectivity index (χ3v) is 4.73. The van der Waals surface area contributed by atoms with Crippen molar-refractivity contribution in [3.8, 4) is 10.6 Å². The van der Waals surface area contributed by atoms with Crippen molar-refractivity contribution in [2.24, 2.45) is 0 Å². The Hall–Kier alpha value is -3.93. The Labute approximate surface area is 166 Å². The lowest BCUT2D eigenvalue weighted by Gasteiger charge is -2.08. The van der Waals surface area contributed by atoms with Crippen LogP contribution in [0.1, 0.15) is 10.4 Å². The fourth-order valence-corrected chi connectivity index (χ4v) is 3.17. The number of hydrogen-bond donors (Lipinski definition) is 1. The first-order valence-corrected chi connectivity index (χ1v) is 9.07. The summed E-state index contributed by atoms with van der Waals surface area (Å²) in [7, 11) is 0. The number of nitro benzene ring substituents is 2. The Bertz CT molecular complexity index is 1110. The Morgan fingerprint density at radius 2 is 1.79 bits per heavy atom. The molecule has 2 heterocycles. The van der Waals surface area contributed by atoms with Crippen molar-refractivity contribution < 1.29 is 14.6 Å². The van der Waals surface area contributed by atoms with Gasteiger partial charge in [0.2, 0.25) is 0 Å². The van der Waals surface area contributed by atoms with Gasteiger partial charge < -0.3 is 5.32 Å². The van der Waals surface area contributed by atoms with Crippen LogP contribution >= 0.6 is 11.3 Å². The van der Waals surface area contributed by atoms with Crippen molar-refractivity contribution in [2.45, 2.75) is 6.54 Å². The minimum atomic E-state index is -0.816. The second-order valence-corrected chi connectivity index (χ2v) is 6.71.